The Bertz CT molecular complexity index is 615. The van der Waals surface area contributed by atoms with E-state index < -0.39 is 10.8 Å². The van der Waals surface area contributed by atoms with Crippen molar-refractivity contribution in [3.63, 3.8) is 0 Å². The van der Waals surface area contributed by atoms with Gasteiger partial charge in [0.1, 0.15) is 5.82 Å². The third-order valence-electron chi connectivity index (χ3n) is 2.70. The van der Waals surface area contributed by atoms with Crippen LogP contribution in [0, 0.1) is 0 Å². The monoisotopic (exact) mass is 305 g/mol. The van der Waals surface area contributed by atoms with Gasteiger partial charge in [-0.05, 0) is 31.5 Å². The van der Waals surface area contributed by atoms with E-state index in [2.05, 4.69) is 15.3 Å². The standard InChI is InChI=1S/C15H19N3O2S/c1-11(2)20-15-10-16-9-14(18-15)17-8-12-4-6-13(7-5-12)21(3)19/h4-7,9-11H,8H2,1-3H3,(H,17,18). The first-order chi connectivity index (χ1) is 10.0. The Kier molecular flexibility index (Phi) is 5.27. The minimum absolute atomic E-state index is 0.0667. The number of nitrogens with one attached hydrogen (secondary N) is 1. The minimum atomic E-state index is -0.945. The van der Waals surface area contributed by atoms with Crippen LogP contribution >= 0.6 is 0 Å². The summed E-state index contributed by atoms with van der Waals surface area (Å²) in [5.74, 6) is 1.17. The molecule has 1 unspecified atom stereocenters. The molecule has 0 bridgehead atoms. The highest BCUT2D eigenvalue weighted by atomic mass is 32.2. The number of aromatic nitrogens is 2. The van der Waals surface area contributed by atoms with Crippen molar-refractivity contribution >= 4 is 16.6 Å². The molecule has 1 aromatic heterocycles. The molecule has 2 aromatic rings. The Morgan fingerprint density at radius 3 is 2.57 bits per heavy atom. The number of nitrogens with zero attached hydrogens (tertiary/aromatic N) is 2. The maximum atomic E-state index is 11.3. The number of rotatable bonds is 6. The summed E-state index contributed by atoms with van der Waals surface area (Å²) >= 11 is 0. The maximum Gasteiger partial charge on any atom is 0.234 e. The summed E-state index contributed by atoms with van der Waals surface area (Å²) < 4.78 is 16.8. The molecule has 0 aliphatic rings. The number of hydrogen-bond acceptors (Lipinski definition) is 5. The smallest absolute Gasteiger partial charge is 0.234 e. The fourth-order valence-electron chi connectivity index (χ4n) is 1.72. The SMILES string of the molecule is CC(C)Oc1cncc(NCc2ccc(S(C)=O)cc2)n1. The summed E-state index contributed by atoms with van der Waals surface area (Å²) in [6.45, 7) is 4.51. The first-order valence-electron chi connectivity index (χ1n) is 6.69. The fourth-order valence-corrected chi connectivity index (χ4v) is 2.24. The van der Waals surface area contributed by atoms with E-state index in [1.54, 1.807) is 18.6 Å². The highest BCUT2D eigenvalue weighted by Crippen LogP contribution is 2.13. The lowest BCUT2D eigenvalue weighted by Gasteiger charge is -2.10. The molecule has 0 amide bonds. The van der Waals surface area contributed by atoms with E-state index in [0.717, 1.165) is 10.5 Å². The van der Waals surface area contributed by atoms with Crippen LogP contribution in [0.15, 0.2) is 41.6 Å². The zero-order chi connectivity index (χ0) is 15.2. The topological polar surface area (TPSA) is 64.1 Å². The van der Waals surface area contributed by atoms with Gasteiger partial charge in [0.2, 0.25) is 5.88 Å². The molecule has 0 radical (unpaired) electrons. The Morgan fingerprint density at radius 2 is 1.95 bits per heavy atom. The zero-order valence-corrected chi connectivity index (χ0v) is 13.2. The summed E-state index contributed by atoms with van der Waals surface area (Å²) in [5.41, 5.74) is 1.08. The van der Waals surface area contributed by atoms with Gasteiger partial charge >= 0.3 is 0 Å². The summed E-state index contributed by atoms with van der Waals surface area (Å²) in [7, 11) is -0.945. The lowest BCUT2D eigenvalue weighted by molar-refractivity contribution is 0.232. The number of ether oxygens (including phenoxy) is 1. The van der Waals surface area contributed by atoms with Crippen LogP contribution in [0.3, 0.4) is 0 Å². The average Bonchev–Trinajstić information content (AvgIpc) is 2.45. The molecule has 0 fully saturated rings. The van der Waals surface area contributed by atoms with E-state index in [1.165, 1.54) is 0 Å². The highest BCUT2D eigenvalue weighted by Gasteiger charge is 2.03. The van der Waals surface area contributed by atoms with Crippen LogP contribution < -0.4 is 10.1 Å². The first kappa shape index (κ1) is 15.4. The molecule has 21 heavy (non-hydrogen) atoms. The molecule has 5 nitrogen and oxygen atoms in total. The molecule has 0 aliphatic carbocycles. The van der Waals surface area contributed by atoms with Gasteiger partial charge in [0.15, 0.2) is 0 Å². The van der Waals surface area contributed by atoms with Crippen molar-refractivity contribution in [1.82, 2.24) is 9.97 Å². The van der Waals surface area contributed by atoms with E-state index in [4.69, 9.17) is 4.74 Å². The Labute approximate surface area is 127 Å². The third kappa shape index (κ3) is 4.82. The molecular weight excluding hydrogens is 286 g/mol. The van der Waals surface area contributed by atoms with Gasteiger partial charge in [-0.1, -0.05) is 12.1 Å². The van der Waals surface area contributed by atoms with Gasteiger partial charge in [-0.25, -0.2) is 0 Å². The molecule has 0 saturated carbocycles. The quantitative estimate of drug-likeness (QED) is 0.889. The molecule has 0 spiro atoms. The predicted octanol–water partition coefficient (Wildman–Crippen LogP) is 2.61. The lowest BCUT2D eigenvalue weighted by Crippen LogP contribution is -2.09. The molecule has 112 valence electrons. The van der Waals surface area contributed by atoms with Crippen LogP contribution in [0.5, 0.6) is 5.88 Å². The summed E-state index contributed by atoms with van der Waals surface area (Å²) in [5, 5.41) is 3.19. The summed E-state index contributed by atoms with van der Waals surface area (Å²) in [6.07, 6.45) is 4.99. The zero-order valence-electron chi connectivity index (χ0n) is 12.4. The number of benzene rings is 1. The summed E-state index contributed by atoms with van der Waals surface area (Å²) in [4.78, 5) is 9.25. The molecule has 6 heteroatoms. The molecule has 1 atom stereocenters. The molecule has 1 aromatic carbocycles. The van der Waals surface area contributed by atoms with Crippen LogP contribution in [-0.2, 0) is 17.3 Å². The van der Waals surface area contributed by atoms with Crippen LogP contribution in [-0.4, -0.2) is 26.5 Å². The van der Waals surface area contributed by atoms with Crippen LogP contribution in [0.4, 0.5) is 5.82 Å². The lowest BCUT2D eigenvalue weighted by atomic mass is 10.2. The van der Waals surface area contributed by atoms with Gasteiger partial charge in [-0.15, -0.1) is 0 Å². The Hall–Kier alpha value is -1.95. The van der Waals surface area contributed by atoms with Crippen molar-refractivity contribution in [2.75, 3.05) is 11.6 Å². The van der Waals surface area contributed by atoms with E-state index in [1.807, 2.05) is 38.1 Å². The Morgan fingerprint density at radius 1 is 1.24 bits per heavy atom. The predicted molar refractivity (Wildman–Crippen MR) is 83.9 cm³/mol. The van der Waals surface area contributed by atoms with Gasteiger partial charge < -0.3 is 10.1 Å². The number of anilines is 1. The van der Waals surface area contributed by atoms with Gasteiger partial charge in [0.05, 0.1) is 18.5 Å². The van der Waals surface area contributed by atoms with Crippen molar-refractivity contribution in [3.05, 3.63) is 42.2 Å². The van der Waals surface area contributed by atoms with Gasteiger partial charge in [-0.2, -0.15) is 4.98 Å². The van der Waals surface area contributed by atoms with Gasteiger partial charge in [0.25, 0.3) is 0 Å². The minimum Gasteiger partial charge on any atom is -0.474 e. The average molecular weight is 305 g/mol. The van der Waals surface area contributed by atoms with Gasteiger partial charge in [-0.3, -0.25) is 9.19 Å². The van der Waals surface area contributed by atoms with E-state index >= 15 is 0 Å². The van der Waals surface area contributed by atoms with Crippen molar-refractivity contribution < 1.29 is 8.95 Å². The maximum absolute atomic E-state index is 11.3. The third-order valence-corrected chi connectivity index (χ3v) is 3.63. The van der Waals surface area contributed by atoms with Gasteiger partial charge in [0, 0.05) is 28.5 Å². The molecule has 1 N–H and O–H groups in total. The fraction of sp³-hybridized carbons (Fsp3) is 0.333. The van der Waals surface area contributed by atoms with Crippen molar-refractivity contribution in [2.45, 2.75) is 31.4 Å². The van der Waals surface area contributed by atoms with E-state index in [0.29, 0.717) is 18.2 Å². The van der Waals surface area contributed by atoms with Crippen molar-refractivity contribution in [1.29, 1.82) is 0 Å². The molecule has 0 aliphatic heterocycles. The second-order valence-electron chi connectivity index (χ2n) is 4.86. The summed E-state index contributed by atoms with van der Waals surface area (Å²) in [6, 6.07) is 7.64. The van der Waals surface area contributed by atoms with Crippen molar-refractivity contribution in [2.24, 2.45) is 0 Å². The highest BCUT2D eigenvalue weighted by molar-refractivity contribution is 7.84. The van der Waals surface area contributed by atoms with Crippen molar-refractivity contribution in [3.8, 4) is 5.88 Å². The van der Waals surface area contributed by atoms with E-state index in [9.17, 15) is 4.21 Å². The number of hydrogen-bond donors (Lipinski definition) is 1. The van der Waals surface area contributed by atoms with E-state index in [-0.39, 0.29) is 6.10 Å². The molecule has 2 rings (SSSR count). The molecule has 0 saturated heterocycles. The first-order valence-corrected chi connectivity index (χ1v) is 8.25. The second-order valence-corrected chi connectivity index (χ2v) is 6.24. The molecule has 1 heterocycles. The molecular formula is C15H19N3O2S. The van der Waals surface area contributed by atoms with Crippen LogP contribution in [0.2, 0.25) is 0 Å². The van der Waals surface area contributed by atoms with Crippen LogP contribution in [0.1, 0.15) is 19.4 Å². The Balaban J connectivity index is 1.97. The normalized spacial score (nSPS) is 12.2. The largest absolute Gasteiger partial charge is 0.474 e. The van der Waals surface area contributed by atoms with Crippen LogP contribution in [0.25, 0.3) is 0 Å². The second kappa shape index (κ2) is 7.17.